The molecule has 1 unspecified atom stereocenters. The van der Waals surface area contributed by atoms with E-state index in [1.165, 1.54) is 27.6 Å². The fourth-order valence-corrected chi connectivity index (χ4v) is 2.92. The fraction of sp³-hybridized carbons (Fsp3) is 0.238. The molecule has 0 saturated carbocycles. The zero-order valence-electron chi connectivity index (χ0n) is 13.5. The van der Waals surface area contributed by atoms with Crippen molar-refractivity contribution in [2.75, 3.05) is 5.32 Å². The Labute approximate surface area is 133 Å². The van der Waals surface area contributed by atoms with Crippen molar-refractivity contribution in [2.45, 2.75) is 32.7 Å². The van der Waals surface area contributed by atoms with Crippen molar-refractivity contribution in [1.82, 2.24) is 0 Å². The lowest BCUT2D eigenvalue weighted by Gasteiger charge is -2.18. The molecule has 0 aromatic heterocycles. The van der Waals surface area contributed by atoms with Gasteiger partial charge in [-0.15, -0.1) is 0 Å². The minimum Gasteiger partial charge on any atom is -0.378 e. The standard InChI is InChI=1S/C21H23N/c1-15(2)17-11-13-19(14-12-17)22-16(3)20-10-6-8-18-7-4-5-9-21(18)20/h4-16,22H,1-3H3. The predicted molar refractivity (Wildman–Crippen MR) is 96.5 cm³/mol. The normalized spacial score (nSPS) is 12.5. The van der Waals surface area contributed by atoms with E-state index in [1.807, 2.05) is 0 Å². The van der Waals surface area contributed by atoms with Crippen LogP contribution in [0.2, 0.25) is 0 Å². The molecule has 0 aliphatic carbocycles. The van der Waals surface area contributed by atoms with Gasteiger partial charge in [0.2, 0.25) is 0 Å². The van der Waals surface area contributed by atoms with Crippen LogP contribution in [-0.2, 0) is 0 Å². The topological polar surface area (TPSA) is 12.0 Å². The summed E-state index contributed by atoms with van der Waals surface area (Å²) in [7, 11) is 0. The van der Waals surface area contributed by atoms with Gasteiger partial charge < -0.3 is 5.32 Å². The Morgan fingerprint density at radius 3 is 2.14 bits per heavy atom. The molecular formula is C21H23N. The minimum absolute atomic E-state index is 0.274. The van der Waals surface area contributed by atoms with Gasteiger partial charge in [0.1, 0.15) is 0 Å². The second kappa shape index (κ2) is 6.23. The molecule has 3 aromatic carbocycles. The molecule has 1 atom stereocenters. The summed E-state index contributed by atoms with van der Waals surface area (Å²) in [6.45, 7) is 6.67. The maximum Gasteiger partial charge on any atom is 0.0491 e. The van der Waals surface area contributed by atoms with Crippen LogP contribution in [0.3, 0.4) is 0 Å². The first-order valence-electron chi connectivity index (χ1n) is 7.99. The number of rotatable bonds is 4. The summed E-state index contributed by atoms with van der Waals surface area (Å²) >= 11 is 0. The number of anilines is 1. The first-order chi connectivity index (χ1) is 10.6. The maximum atomic E-state index is 3.62. The third-order valence-corrected chi connectivity index (χ3v) is 4.25. The van der Waals surface area contributed by atoms with Gasteiger partial charge in [0.05, 0.1) is 0 Å². The highest BCUT2D eigenvalue weighted by atomic mass is 14.9. The van der Waals surface area contributed by atoms with Crippen LogP contribution in [0.1, 0.15) is 43.9 Å². The van der Waals surface area contributed by atoms with Gasteiger partial charge in [-0.3, -0.25) is 0 Å². The van der Waals surface area contributed by atoms with E-state index in [-0.39, 0.29) is 6.04 Å². The first kappa shape index (κ1) is 14.6. The van der Waals surface area contributed by atoms with Gasteiger partial charge >= 0.3 is 0 Å². The third kappa shape index (κ3) is 2.99. The summed E-state index contributed by atoms with van der Waals surface area (Å²) in [6.07, 6.45) is 0. The highest BCUT2D eigenvalue weighted by Crippen LogP contribution is 2.27. The Kier molecular flexibility index (Phi) is 4.15. The Morgan fingerprint density at radius 2 is 1.41 bits per heavy atom. The number of benzene rings is 3. The van der Waals surface area contributed by atoms with Gasteiger partial charge in [-0.25, -0.2) is 0 Å². The molecule has 112 valence electrons. The quantitative estimate of drug-likeness (QED) is 0.608. The maximum absolute atomic E-state index is 3.62. The lowest BCUT2D eigenvalue weighted by Crippen LogP contribution is -2.07. The van der Waals surface area contributed by atoms with Crippen molar-refractivity contribution >= 4 is 16.5 Å². The molecule has 0 radical (unpaired) electrons. The van der Waals surface area contributed by atoms with Crippen molar-refractivity contribution in [3.05, 3.63) is 77.9 Å². The van der Waals surface area contributed by atoms with Gasteiger partial charge in [0.25, 0.3) is 0 Å². The molecule has 0 spiro atoms. The number of nitrogens with one attached hydrogen (secondary N) is 1. The van der Waals surface area contributed by atoms with E-state index in [4.69, 9.17) is 0 Å². The van der Waals surface area contributed by atoms with E-state index >= 15 is 0 Å². The first-order valence-corrected chi connectivity index (χ1v) is 7.99. The van der Waals surface area contributed by atoms with Crippen LogP contribution in [0, 0.1) is 0 Å². The van der Waals surface area contributed by atoms with Crippen molar-refractivity contribution in [1.29, 1.82) is 0 Å². The summed E-state index contributed by atoms with van der Waals surface area (Å²) in [6, 6.07) is 24.1. The lowest BCUT2D eigenvalue weighted by molar-refractivity contribution is 0.864. The average molecular weight is 289 g/mol. The van der Waals surface area contributed by atoms with Gasteiger partial charge in [0, 0.05) is 11.7 Å². The van der Waals surface area contributed by atoms with E-state index in [1.54, 1.807) is 0 Å². The molecule has 0 bridgehead atoms. The summed E-state index contributed by atoms with van der Waals surface area (Å²) in [5.41, 5.74) is 3.89. The minimum atomic E-state index is 0.274. The van der Waals surface area contributed by atoms with Crippen LogP contribution in [0.5, 0.6) is 0 Å². The smallest absolute Gasteiger partial charge is 0.0491 e. The van der Waals surface area contributed by atoms with Crippen LogP contribution >= 0.6 is 0 Å². The van der Waals surface area contributed by atoms with E-state index in [2.05, 4.69) is 92.8 Å². The summed E-state index contributed by atoms with van der Waals surface area (Å²) in [4.78, 5) is 0. The second-order valence-electron chi connectivity index (χ2n) is 6.21. The average Bonchev–Trinajstić information content (AvgIpc) is 2.54. The van der Waals surface area contributed by atoms with E-state index in [0.29, 0.717) is 5.92 Å². The number of hydrogen-bond donors (Lipinski definition) is 1. The van der Waals surface area contributed by atoms with Crippen LogP contribution in [0.4, 0.5) is 5.69 Å². The van der Waals surface area contributed by atoms with E-state index in [0.717, 1.165) is 0 Å². The molecular weight excluding hydrogens is 266 g/mol. The number of hydrogen-bond acceptors (Lipinski definition) is 1. The highest BCUT2D eigenvalue weighted by Gasteiger charge is 2.09. The molecule has 0 saturated heterocycles. The second-order valence-corrected chi connectivity index (χ2v) is 6.21. The molecule has 0 amide bonds. The molecule has 1 N–H and O–H groups in total. The Bertz CT molecular complexity index is 751. The SMILES string of the molecule is CC(C)c1ccc(NC(C)c2cccc3ccccc23)cc1. The van der Waals surface area contributed by atoms with Crippen molar-refractivity contribution in [3.63, 3.8) is 0 Å². The largest absolute Gasteiger partial charge is 0.378 e. The van der Waals surface area contributed by atoms with Crippen LogP contribution < -0.4 is 5.32 Å². The Morgan fingerprint density at radius 1 is 0.727 bits per heavy atom. The van der Waals surface area contributed by atoms with Crippen molar-refractivity contribution in [2.24, 2.45) is 0 Å². The Balaban J connectivity index is 1.85. The van der Waals surface area contributed by atoms with Gasteiger partial charge in [-0.1, -0.05) is 68.4 Å². The molecule has 0 fully saturated rings. The van der Waals surface area contributed by atoms with Gasteiger partial charge in [-0.2, -0.15) is 0 Å². The highest BCUT2D eigenvalue weighted by molar-refractivity contribution is 5.86. The lowest BCUT2D eigenvalue weighted by atomic mass is 9.99. The van der Waals surface area contributed by atoms with Gasteiger partial charge in [-0.05, 0) is 46.9 Å². The molecule has 3 rings (SSSR count). The summed E-state index contributed by atoms with van der Waals surface area (Å²) in [5, 5.41) is 6.23. The molecule has 0 aliphatic heterocycles. The van der Waals surface area contributed by atoms with Crippen molar-refractivity contribution in [3.8, 4) is 0 Å². The molecule has 0 heterocycles. The van der Waals surface area contributed by atoms with E-state index in [9.17, 15) is 0 Å². The molecule has 1 nitrogen and oxygen atoms in total. The third-order valence-electron chi connectivity index (χ3n) is 4.25. The fourth-order valence-electron chi connectivity index (χ4n) is 2.92. The number of fused-ring (bicyclic) bond motifs is 1. The predicted octanol–water partition coefficient (Wildman–Crippen LogP) is 6.14. The van der Waals surface area contributed by atoms with Crippen LogP contribution in [0.25, 0.3) is 10.8 Å². The van der Waals surface area contributed by atoms with Crippen LogP contribution in [-0.4, -0.2) is 0 Å². The van der Waals surface area contributed by atoms with E-state index < -0.39 is 0 Å². The monoisotopic (exact) mass is 289 g/mol. The van der Waals surface area contributed by atoms with Gasteiger partial charge in [0.15, 0.2) is 0 Å². The Hall–Kier alpha value is -2.28. The molecule has 22 heavy (non-hydrogen) atoms. The zero-order chi connectivity index (χ0) is 15.5. The zero-order valence-corrected chi connectivity index (χ0v) is 13.5. The van der Waals surface area contributed by atoms with Crippen LogP contribution in [0.15, 0.2) is 66.7 Å². The molecule has 1 heteroatoms. The molecule has 0 aliphatic rings. The molecule has 3 aromatic rings. The summed E-state index contributed by atoms with van der Waals surface area (Å²) < 4.78 is 0. The summed E-state index contributed by atoms with van der Waals surface area (Å²) in [5.74, 6) is 0.574. The van der Waals surface area contributed by atoms with Crippen molar-refractivity contribution < 1.29 is 0 Å².